The van der Waals surface area contributed by atoms with Gasteiger partial charge in [-0.05, 0) is 31.2 Å². The van der Waals surface area contributed by atoms with E-state index in [1.54, 1.807) is 11.8 Å². The summed E-state index contributed by atoms with van der Waals surface area (Å²) in [4.78, 5) is 20.2. The van der Waals surface area contributed by atoms with Gasteiger partial charge < -0.3 is 14.0 Å². The van der Waals surface area contributed by atoms with Gasteiger partial charge in [-0.3, -0.25) is 4.79 Å². The minimum atomic E-state index is -0.133. The number of likely N-dealkylation sites (tertiary alicyclic amines) is 1. The first-order chi connectivity index (χ1) is 14.0. The van der Waals surface area contributed by atoms with Crippen LogP contribution < -0.4 is 0 Å². The first kappa shape index (κ1) is 19.9. The van der Waals surface area contributed by atoms with Gasteiger partial charge in [-0.15, -0.1) is 10.2 Å². The lowest BCUT2D eigenvalue weighted by atomic mass is 10.1. The van der Waals surface area contributed by atoms with E-state index in [2.05, 4.69) is 27.8 Å². The Morgan fingerprint density at radius 1 is 1.31 bits per heavy atom. The zero-order valence-corrected chi connectivity index (χ0v) is 18.3. The average Bonchev–Trinajstić information content (AvgIpc) is 3.44. The highest BCUT2D eigenvalue weighted by Gasteiger charge is 2.35. The van der Waals surface area contributed by atoms with Crippen LogP contribution in [-0.2, 0) is 24.8 Å². The van der Waals surface area contributed by atoms with E-state index >= 15 is 0 Å². The van der Waals surface area contributed by atoms with Gasteiger partial charge in [0.25, 0.3) is 0 Å². The molecule has 1 aliphatic heterocycles. The summed E-state index contributed by atoms with van der Waals surface area (Å²) in [7, 11) is 1.98. The Morgan fingerprint density at radius 3 is 2.83 bits per heavy atom. The summed E-state index contributed by atoms with van der Waals surface area (Å²) in [6.07, 6.45) is 4.78. The van der Waals surface area contributed by atoms with Crippen molar-refractivity contribution in [1.29, 1.82) is 0 Å². The van der Waals surface area contributed by atoms with Crippen LogP contribution in [-0.4, -0.2) is 47.9 Å². The number of hydrogen-bond acceptors (Lipinski definition) is 5. The van der Waals surface area contributed by atoms with E-state index < -0.39 is 0 Å². The number of thioether (sulfide) groups is 1. The minimum absolute atomic E-state index is 0.00790. The van der Waals surface area contributed by atoms with Gasteiger partial charge in [0.2, 0.25) is 5.91 Å². The van der Waals surface area contributed by atoms with Crippen LogP contribution in [0.2, 0.25) is 0 Å². The number of para-hydroxylation sites is 2. The summed E-state index contributed by atoms with van der Waals surface area (Å²) in [6.45, 7) is 5.55. The van der Waals surface area contributed by atoms with Crippen molar-refractivity contribution >= 4 is 28.7 Å². The maximum atomic E-state index is 13.4. The summed E-state index contributed by atoms with van der Waals surface area (Å²) >= 11 is 1.57. The molecule has 2 atom stereocenters. The third-order valence-electron chi connectivity index (χ3n) is 5.81. The first-order valence-electron chi connectivity index (χ1n) is 10.2. The van der Waals surface area contributed by atoms with Crippen LogP contribution in [0.25, 0.3) is 11.0 Å². The fourth-order valence-electron chi connectivity index (χ4n) is 4.33. The second-order valence-corrected chi connectivity index (χ2v) is 8.45. The van der Waals surface area contributed by atoms with Crippen LogP contribution >= 0.6 is 11.8 Å². The molecule has 1 saturated heterocycles. The smallest absolute Gasteiger partial charge is 0.227 e. The van der Waals surface area contributed by atoms with Gasteiger partial charge in [0, 0.05) is 26.6 Å². The molecular weight excluding hydrogens is 384 g/mol. The molecule has 0 spiro atoms. The standard InChI is InChI=1S/C21H28N6OS/c1-5-18-22-15-9-6-7-10-16(15)27(18)13-14(2)20(28)26-12-8-11-17(26)19-23-24-21(29-4)25(19)3/h6-7,9-10,14,17H,5,8,11-13H2,1-4H3/t14-,17+/m1/s1. The number of imidazole rings is 1. The lowest BCUT2D eigenvalue weighted by molar-refractivity contribution is -0.136. The van der Waals surface area contributed by atoms with Gasteiger partial charge in [-0.2, -0.15) is 0 Å². The maximum absolute atomic E-state index is 13.4. The predicted molar refractivity (Wildman–Crippen MR) is 115 cm³/mol. The Labute approximate surface area is 175 Å². The SMILES string of the molecule is CCc1nc2ccccc2n1C[C@@H](C)C(=O)N1CCC[C@H]1c1nnc(SC)n1C. The van der Waals surface area contributed by atoms with E-state index in [-0.39, 0.29) is 17.9 Å². The van der Waals surface area contributed by atoms with E-state index in [9.17, 15) is 4.79 Å². The van der Waals surface area contributed by atoms with Crippen LogP contribution in [0.1, 0.15) is 44.4 Å². The Kier molecular flexibility index (Phi) is 5.63. The van der Waals surface area contributed by atoms with Crippen molar-refractivity contribution in [2.24, 2.45) is 13.0 Å². The molecule has 3 aromatic rings. The molecule has 1 aliphatic rings. The zero-order chi connectivity index (χ0) is 20.5. The van der Waals surface area contributed by atoms with Gasteiger partial charge in [0.05, 0.1) is 23.0 Å². The van der Waals surface area contributed by atoms with Crippen molar-refractivity contribution in [3.8, 4) is 0 Å². The van der Waals surface area contributed by atoms with Crippen molar-refractivity contribution in [3.05, 3.63) is 35.9 Å². The monoisotopic (exact) mass is 412 g/mol. The Bertz CT molecular complexity index is 1030. The molecule has 154 valence electrons. The average molecular weight is 413 g/mol. The van der Waals surface area contributed by atoms with Gasteiger partial charge in [0.15, 0.2) is 11.0 Å². The molecule has 1 aromatic carbocycles. The molecule has 29 heavy (non-hydrogen) atoms. The highest BCUT2D eigenvalue weighted by Crippen LogP contribution is 2.33. The Balaban J connectivity index is 1.57. The number of carbonyl (C=O) groups excluding carboxylic acids is 1. The molecular formula is C21H28N6OS. The number of hydrogen-bond donors (Lipinski definition) is 0. The van der Waals surface area contributed by atoms with Gasteiger partial charge >= 0.3 is 0 Å². The summed E-state index contributed by atoms with van der Waals surface area (Å²) in [5.41, 5.74) is 2.09. The van der Waals surface area contributed by atoms with Crippen molar-refractivity contribution in [2.75, 3.05) is 12.8 Å². The second kappa shape index (κ2) is 8.18. The van der Waals surface area contributed by atoms with Gasteiger partial charge in [-0.1, -0.05) is 37.7 Å². The number of fused-ring (bicyclic) bond motifs is 1. The highest BCUT2D eigenvalue weighted by atomic mass is 32.2. The van der Waals surface area contributed by atoms with Crippen LogP contribution in [0.4, 0.5) is 0 Å². The van der Waals surface area contributed by atoms with E-state index in [1.807, 2.05) is 47.9 Å². The first-order valence-corrected chi connectivity index (χ1v) is 11.5. The number of benzene rings is 1. The molecule has 4 rings (SSSR count). The fourth-order valence-corrected chi connectivity index (χ4v) is 4.82. The predicted octanol–water partition coefficient (Wildman–Crippen LogP) is 3.45. The van der Waals surface area contributed by atoms with Crippen molar-refractivity contribution in [3.63, 3.8) is 0 Å². The lowest BCUT2D eigenvalue weighted by Gasteiger charge is -2.27. The van der Waals surface area contributed by atoms with Crippen molar-refractivity contribution < 1.29 is 4.79 Å². The zero-order valence-electron chi connectivity index (χ0n) is 17.5. The summed E-state index contributed by atoms with van der Waals surface area (Å²) in [6, 6.07) is 8.16. The molecule has 3 heterocycles. The van der Waals surface area contributed by atoms with E-state index in [1.165, 1.54) is 0 Å². The minimum Gasteiger partial charge on any atom is -0.332 e. The maximum Gasteiger partial charge on any atom is 0.227 e. The van der Waals surface area contributed by atoms with Crippen LogP contribution in [0.15, 0.2) is 29.4 Å². The van der Waals surface area contributed by atoms with E-state index in [0.717, 1.165) is 53.6 Å². The summed E-state index contributed by atoms with van der Waals surface area (Å²) in [5.74, 6) is 1.96. The third kappa shape index (κ3) is 3.54. The molecule has 0 radical (unpaired) electrons. The van der Waals surface area contributed by atoms with Crippen LogP contribution in [0.5, 0.6) is 0 Å². The number of aromatic nitrogens is 5. The number of rotatable bonds is 6. The molecule has 1 fully saturated rings. The quantitative estimate of drug-likeness (QED) is 0.580. The van der Waals surface area contributed by atoms with Crippen molar-refractivity contribution in [1.82, 2.24) is 29.2 Å². The molecule has 2 aromatic heterocycles. The molecule has 1 amide bonds. The van der Waals surface area contributed by atoms with Crippen LogP contribution in [0, 0.1) is 5.92 Å². The second-order valence-electron chi connectivity index (χ2n) is 7.68. The Morgan fingerprint density at radius 2 is 2.10 bits per heavy atom. The fraction of sp³-hybridized carbons (Fsp3) is 0.524. The number of nitrogens with zero attached hydrogens (tertiary/aromatic N) is 6. The highest BCUT2D eigenvalue weighted by molar-refractivity contribution is 7.98. The van der Waals surface area contributed by atoms with Gasteiger partial charge in [0.1, 0.15) is 5.82 Å². The molecule has 8 heteroatoms. The normalized spacial score (nSPS) is 17.9. The summed E-state index contributed by atoms with van der Waals surface area (Å²) < 4.78 is 4.22. The molecule has 0 saturated carbocycles. The molecule has 0 aliphatic carbocycles. The largest absolute Gasteiger partial charge is 0.332 e. The van der Waals surface area contributed by atoms with E-state index in [0.29, 0.717) is 6.54 Å². The molecule has 0 bridgehead atoms. The van der Waals surface area contributed by atoms with Crippen LogP contribution in [0.3, 0.4) is 0 Å². The molecule has 0 unspecified atom stereocenters. The lowest BCUT2D eigenvalue weighted by Crippen LogP contribution is -2.37. The van der Waals surface area contributed by atoms with Crippen molar-refractivity contribution in [2.45, 2.75) is 50.9 Å². The number of carbonyl (C=O) groups is 1. The molecule has 7 nitrogen and oxygen atoms in total. The van der Waals surface area contributed by atoms with E-state index in [4.69, 9.17) is 4.98 Å². The number of aryl methyl sites for hydroxylation is 1. The molecule has 0 N–H and O–H groups in total. The van der Waals surface area contributed by atoms with Gasteiger partial charge in [-0.25, -0.2) is 4.98 Å². The number of amides is 1. The third-order valence-corrected chi connectivity index (χ3v) is 6.53. The topological polar surface area (TPSA) is 68.8 Å². The Hall–Kier alpha value is -2.35. The summed E-state index contributed by atoms with van der Waals surface area (Å²) in [5, 5.41) is 9.53.